The summed E-state index contributed by atoms with van der Waals surface area (Å²) in [5.74, 6) is -0.124. The molecule has 2 rings (SSSR count). The fourth-order valence-electron chi connectivity index (χ4n) is 2.15. The Bertz CT molecular complexity index is 652. The van der Waals surface area contributed by atoms with E-state index in [1.54, 1.807) is 26.0 Å². The van der Waals surface area contributed by atoms with Crippen LogP contribution >= 0.6 is 0 Å². The summed E-state index contributed by atoms with van der Waals surface area (Å²) in [5, 5.41) is 2.82. The Morgan fingerprint density at radius 3 is 2.62 bits per heavy atom. The molecule has 116 valence electrons. The predicted octanol–water partition coefficient (Wildman–Crippen LogP) is 0.833. The average molecular weight is 311 g/mol. The molecule has 1 fully saturated rings. The third kappa shape index (κ3) is 3.95. The van der Waals surface area contributed by atoms with Crippen LogP contribution in [0.2, 0.25) is 0 Å². The van der Waals surface area contributed by atoms with E-state index in [9.17, 15) is 13.2 Å². The summed E-state index contributed by atoms with van der Waals surface area (Å²) in [7, 11) is -3.66. The molecule has 1 aromatic rings. The van der Waals surface area contributed by atoms with E-state index < -0.39 is 10.0 Å². The summed E-state index contributed by atoms with van der Waals surface area (Å²) < 4.78 is 27.2. The Labute approximate surface area is 125 Å². The number of anilines is 1. The van der Waals surface area contributed by atoms with Crippen molar-refractivity contribution < 1.29 is 13.2 Å². The molecule has 7 heteroatoms. The van der Waals surface area contributed by atoms with E-state index in [0.29, 0.717) is 16.8 Å². The third-order valence-electron chi connectivity index (χ3n) is 3.50. The van der Waals surface area contributed by atoms with Crippen LogP contribution in [0.15, 0.2) is 17.0 Å². The maximum atomic E-state index is 12.3. The number of hydrogen-bond acceptors (Lipinski definition) is 4. The molecule has 0 aliphatic heterocycles. The van der Waals surface area contributed by atoms with Gasteiger partial charge in [0.05, 0.1) is 4.90 Å². The molecule has 1 aromatic carbocycles. The molecule has 0 spiro atoms. The number of carbonyl (C=O) groups is 1. The molecular weight excluding hydrogens is 290 g/mol. The van der Waals surface area contributed by atoms with E-state index >= 15 is 0 Å². The molecule has 4 N–H and O–H groups in total. The molecule has 1 aliphatic carbocycles. The summed E-state index contributed by atoms with van der Waals surface area (Å²) in [4.78, 5) is 11.7. The van der Waals surface area contributed by atoms with E-state index in [2.05, 4.69) is 10.0 Å². The molecule has 0 aromatic heterocycles. The van der Waals surface area contributed by atoms with Crippen LogP contribution in [0.25, 0.3) is 0 Å². The zero-order chi connectivity index (χ0) is 15.6. The van der Waals surface area contributed by atoms with Crippen LogP contribution in [0.3, 0.4) is 0 Å². The van der Waals surface area contributed by atoms with Gasteiger partial charge in [0.1, 0.15) is 0 Å². The van der Waals surface area contributed by atoms with E-state index in [0.717, 1.165) is 12.8 Å². The molecule has 0 radical (unpaired) electrons. The topological polar surface area (TPSA) is 101 Å². The Kier molecular flexibility index (Phi) is 4.53. The van der Waals surface area contributed by atoms with Gasteiger partial charge in [0.25, 0.3) is 0 Å². The second-order valence-electron chi connectivity index (χ2n) is 5.42. The lowest BCUT2D eigenvalue weighted by molar-refractivity contribution is -0.121. The molecule has 0 heterocycles. The zero-order valence-corrected chi connectivity index (χ0v) is 13.1. The first-order valence-corrected chi connectivity index (χ1v) is 8.44. The molecule has 21 heavy (non-hydrogen) atoms. The van der Waals surface area contributed by atoms with Gasteiger partial charge in [0.15, 0.2) is 0 Å². The monoisotopic (exact) mass is 311 g/mol. The van der Waals surface area contributed by atoms with Crippen LogP contribution in [-0.2, 0) is 14.8 Å². The number of hydrogen-bond donors (Lipinski definition) is 3. The number of nitrogens with two attached hydrogens (primary N) is 1. The third-order valence-corrected chi connectivity index (χ3v) is 5.25. The van der Waals surface area contributed by atoms with Gasteiger partial charge < -0.3 is 11.1 Å². The minimum absolute atomic E-state index is 0.0779. The normalized spacial score (nSPS) is 15.0. The van der Waals surface area contributed by atoms with Crippen molar-refractivity contribution in [2.24, 2.45) is 0 Å². The number of carbonyl (C=O) groups excluding carboxylic acids is 1. The number of nitrogen functional groups attached to an aromatic ring is 1. The first-order chi connectivity index (χ1) is 9.81. The van der Waals surface area contributed by atoms with E-state index in [1.165, 1.54) is 0 Å². The number of sulfonamides is 1. The van der Waals surface area contributed by atoms with Gasteiger partial charge >= 0.3 is 0 Å². The Balaban J connectivity index is 2.01. The highest BCUT2D eigenvalue weighted by Gasteiger charge is 2.24. The number of amides is 1. The Morgan fingerprint density at radius 2 is 2.00 bits per heavy atom. The van der Waals surface area contributed by atoms with Crippen molar-refractivity contribution in [3.8, 4) is 0 Å². The quantitative estimate of drug-likeness (QED) is 0.677. The molecule has 1 aliphatic rings. The first-order valence-electron chi connectivity index (χ1n) is 6.96. The van der Waals surface area contributed by atoms with Gasteiger partial charge in [-0.25, -0.2) is 13.1 Å². The maximum absolute atomic E-state index is 12.3. The van der Waals surface area contributed by atoms with Gasteiger partial charge in [-0.3, -0.25) is 4.79 Å². The van der Waals surface area contributed by atoms with Crippen molar-refractivity contribution >= 4 is 21.6 Å². The predicted molar refractivity (Wildman–Crippen MR) is 81.3 cm³/mol. The summed E-state index contributed by atoms with van der Waals surface area (Å²) in [5.41, 5.74) is 7.37. The van der Waals surface area contributed by atoms with Gasteiger partial charge in [0, 0.05) is 24.7 Å². The number of aryl methyl sites for hydroxylation is 1. The van der Waals surface area contributed by atoms with Crippen molar-refractivity contribution in [1.29, 1.82) is 0 Å². The van der Waals surface area contributed by atoms with Gasteiger partial charge in [-0.1, -0.05) is 6.07 Å². The number of benzene rings is 1. The van der Waals surface area contributed by atoms with Crippen LogP contribution in [0.5, 0.6) is 0 Å². The van der Waals surface area contributed by atoms with Gasteiger partial charge in [-0.15, -0.1) is 0 Å². The van der Waals surface area contributed by atoms with Crippen LogP contribution in [0.4, 0.5) is 5.69 Å². The van der Waals surface area contributed by atoms with Crippen LogP contribution < -0.4 is 15.8 Å². The first kappa shape index (κ1) is 15.8. The summed E-state index contributed by atoms with van der Waals surface area (Å²) in [6.45, 7) is 3.48. The molecular formula is C14H21N3O3S. The standard InChI is InChI=1S/C14H21N3O3S/c1-9-3-6-12(15)10(2)14(9)21(19,20)16-8-7-13(18)17-11-4-5-11/h3,6,11,16H,4-5,7-8,15H2,1-2H3,(H,17,18). The zero-order valence-electron chi connectivity index (χ0n) is 12.3. The molecule has 0 saturated heterocycles. The van der Waals surface area contributed by atoms with Crippen LogP contribution in [-0.4, -0.2) is 26.9 Å². The summed E-state index contributed by atoms with van der Waals surface area (Å²) in [6.07, 6.45) is 2.16. The molecule has 1 amide bonds. The van der Waals surface area contributed by atoms with Crippen molar-refractivity contribution in [2.75, 3.05) is 12.3 Å². The van der Waals surface area contributed by atoms with Gasteiger partial charge in [0.2, 0.25) is 15.9 Å². The van der Waals surface area contributed by atoms with Crippen molar-refractivity contribution in [1.82, 2.24) is 10.0 Å². The van der Waals surface area contributed by atoms with Crippen molar-refractivity contribution in [3.63, 3.8) is 0 Å². The fraction of sp³-hybridized carbons (Fsp3) is 0.500. The lowest BCUT2D eigenvalue weighted by Crippen LogP contribution is -2.32. The van der Waals surface area contributed by atoms with Crippen molar-refractivity contribution in [2.45, 2.75) is 44.0 Å². The largest absolute Gasteiger partial charge is 0.398 e. The number of nitrogens with one attached hydrogen (secondary N) is 2. The van der Waals surface area contributed by atoms with E-state index in [-0.39, 0.29) is 29.8 Å². The molecule has 6 nitrogen and oxygen atoms in total. The highest BCUT2D eigenvalue weighted by atomic mass is 32.2. The van der Waals surface area contributed by atoms with Gasteiger partial charge in [-0.05, 0) is 43.9 Å². The highest BCUT2D eigenvalue weighted by Crippen LogP contribution is 2.24. The second kappa shape index (κ2) is 6.03. The minimum Gasteiger partial charge on any atom is -0.398 e. The molecule has 1 saturated carbocycles. The van der Waals surface area contributed by atoms with Gasteiger partial charge in [-0.2, -0.15) is 0 Å². The van der Waals surface area contributed by atoms with E-state index in [1.807, 2.05) is 0 Å². The van der Waals surface area contributed by atoms with Crippen molar-refractivity contribution in [3.05, 3.63) is 23.3 Å². The highest BCUT2D eigenvalue weighted by molar-refractivity contribution is 7.89. The SMILES string of the molecule is Cc1ccc(N)c(C)c1S(=O)(=O)NCCC(=O)NC1CC1. The maximum Gasteiger partial charge on any atom is 0.241 e. The lowest BCUT2D eigenvalue weighted by atomic mass is 10.1. The average Bonchev–Trinajstić information content (AvgIpc) is 3.17. The Morgan fingerprint density at radius 1 is 1.33 bits per heavy atom. The number of rotatable bonds is 6. The second-order valence-corrected chi connectivity index (χ2v) is 7.12. The fourth-order valence-corrected chi connectivity index (χ4v) is 3.68. The van der Waals surface area contributed by atoms with E-state index in [4.69, 9.17) is 5.73 Å². The minimum atomic E-state index is -3.66. The molecule has 0 bridgehead atoms. The van der Waals surface area contributed by atoms with Crippen LogP contribution in [0.1, 0.15) is 30.4 Å². The lowest BCUT2D eigenvalue weighted by Gasteiger charge is -2.13. The summed E-state index contributed by atoms with van der Waals surface area (Å²) in [6, 6.07) is 3.65. The molecule has 0 atom stereocenters. The molecule has 0 unspecified atom stereocenters. The van der Waals surface area contributed by atoms with Crippen LogP contribution in [0, 0.1) is 13.8 Å². The smallest absolute Gasteiger partial charge is 0.241 e. The summed E-state index contributed by atoms with van der Waals surface area (Å²) >= 11 is 0. The Hall–Kier alpha value is -1.60.